The van der Waals surface area contributed by atoms with Gasteiger partial charge in [0.05, 0.1) is 42.3 Å². The second-order valence-electron chi connectivity index (χ2n) is 13.8. The van der Waals surface area contributed by atoms with Gasteiger partial charge in [0.2, 0.25) is 11.8 Å². The van der Waals surface area contributed by atoms with Gasteiger partial charge >= 0.3 is 6.09 Å². The van der Waals surface area contributed by atoms with E-state index in [4.69, 9.17) is 42.0 Å². The topological polar surface area (TPSA) is 266 Å². The zero-order chi connectivity index (χ0) is 41.0. The SMILES string of the molecule is CC(C)Oc1cccc(Nc2cc(Cl)nnc2C(N)=O)n1.CC(C)Oc1cccc(Nc2cc(N[C@@H]3CCOC[C@@H]3NC(=O)OC(C)(C)C)nnc2C(N)=O)n1. The number of pyridine rings is 2. The Morgan fingerprint density at radius 3 is 1.84 bits per heavy atom. The van der Waals surface area contributed by atoms with Crippen LogP contribution in [-0.4, -0.2) is 91.4 Å². The number of nitrogens with zero attached hydrogens (tertiary/aromatic N) is 6. The smallest absolute Gasteiger partial charge is 0.408 e. The summed E-state index contributed by atoms with van der Waals surface area (Å²) < 4.78 is 22.0. The standard InChI is InChI=1S/C23H33N7O5.C13H14ClN5O2/c1-13(2)34-19-8-6-7-17(28-19)26-15-11-18(29-30-20(15)21(24)31)25-14-9-10-33-12-16(14)27-22(32)35-23(3,4)5;1-7(2)21-11-5-3-4-10(17-11)16-8-6-9(14)18-19-12(8)13(15)20/h6-8,11,13-14,16H,9-10,12H2,1-5H3,(H2,24,31)(H,27,32)(H2,25,26,28,29);3-7H,1-2H3,(H2,15,20)(H,16,17,18)/t14-,16+;/m1./s1. The lowest BCUT2D eigenvalue weighted by molar-refractivity contribution is 0.0317. The molecule has 0 aliphatic carbocycles. The first-order valence-electron chi connectivity index (χ1n) is 17.6. The van der Waals surface area contributed by atoms with Gasteiger partial charge in [0.15, 0.2) is 22.4 Å². The minimum absolute atomic E-state index is 0.00552. The molecule has 0 saturated carbocycles. The minimum Gasteiger partial charge on any atom is -0.475 e. The monoisotopic (exact) mass is 794 g/mol. The van der Waals surface area contributed by atoms with Gasteiger partial charge < -0.3 is 51.7 Å². The molecular weight excluding hydrogens is 748 g/mol. The van der Waals surface area contributed by atoms with E-state index in [0.29, 0.717) is 60.2 Å². The van der Waals surface area contributed by atoms with Gasteiger partial charge in [-0.1, -0.05) is 23.7 Å². The Balaban J connectivity index is 0.000000282. The van der Waals surface area contributed by atoms with Crippen LogP contribution in [0.15, 0.2) is 48.5 Å². The molecule has 4 aromatic heterocycles. The lowest BCUT2D eigenvalue weighted by atomic mass is 10.0. The van der Waals surface area contributed by atoms with Crippen molar-refractivity contribution in [3.05, 3.63) is 65.1 Å². The number of aromatic nitrogens is 6. The highest BCUT2D eigenvalue weighted by atomic mass is 35.5. The van der Waals surface area contributed by atoms with Crippen LogP contribution in [0.3, 0.4) is 0 Å². The van der Waals surface area contributed by atoms with Gasteiger partial charge in [-0.3, -0.25) is 9.59 Å². The van der Waals surface area contributed by atoms with E-state index in [1.807, 2.05) is 27.7 Å². The molecule has 5 heterocycles. The number of ether oxygens (including phenoxy) is 4. The molecule has 20 heteroatoms. The zero-order valence-electron chi connectivity index (χ0n) is 32.1. The highest BCUT2D eigenvalue weighted by Gasteiger charge is 2.30. The molecule has 1 saturated heterocycles. The maximum Gasteiger partial charge on any atom is 0.408 e. The second-order valence-corrected chi connectivity index (χ2v) is 14.2. The Hall–Kier alpha value is -6.08. The van der Waals surface area contributed by atoms with Crippen molar-refractivity contribution >= 4 is 58.3 Å². The Kier molecular flexibility index (Phi) is 14.8. The molecule has 4 aromatic rings. The number of nitrogens with two attached hydrogens (primary N) is 2. The first kappa shape index (κ1) is 42.7. The molecule has 0 unspecified atom stereocenters. The van der Waals surface area contributed by atoms with Gasteiger partial charge in [0.1, 0.15) is 17.2 Å². The summed E-state index contributed by atoms with van der Waals surface area (Å²) in [6.45, 7) is 13.8. The summed E-state index contributed by atoms with van der Waals surface area (Å²) in [6.07, 6.45) is 0.0374. The van der Waals surface area contributed by atoms with E-state index in [1.165, 1.54) is 6.07 Å². The number of carbonyl (C=O) groups excluding carboxylic acids is 3. The predicted octanol–water partition coefficient (Wildman–Crippen LogP) is 4.75. The molecule has 19 nitrogen and oxygen atoms in total. The molecule has 0 aromatic carbocycles. The number of hydrogen-bond acceptors (Lipinski definition) is 16. The number of alkyl carbamates (subject to hydrolysis) is 1. The Bertz CT molecular complexity index is 1980. The van der Waals surface area contributed by atoms with Crippen LogP contribution < -0.4 is 42.2 Å². The molecule has 5 rings (SSSR count). The van der Waals surface area contributed by atoms with Crippen molar-refractivity contribution < 1.29 is 33.3 Å². The van der Waals surface area contributed by atoms with E-state index >= 15 is 0 Å². The molecule has 1 aliphatic rings. The number of primary amides is 2. The average molecular weight is 795 g/mol. The largest absolute Gasteiger partial charge is 0.475 e. The first-order chi connectivity index (χ1) is 26.4. The van der Waals surface area contributed by atoms with Crippen molar-refractivity contribution in [3.63, 3.8) is 0 Å². The lowest BCUT2D eigenvalue weighted by Gasteiger charge is -2.33. The Morgan fingerprint density at radius 1 is 0.786 bits per heavy atom. The number of carbonyl (C=O) groups is 3. The van der Waals surface area contributed by atoms with Gasteiger partial charge in [-0.15, -0.1) is 20.4 Å². The number of nitrogens with one attached hydrogen (secondary N) is 4. The molecule has 2 atom stereocenters. The number of halogens is 1. The van der Waals surface area contributed by atoms with Crippen LogP contribution in [0.5, 0.6) is 11.8 Å². The van der Waals surface area contributed by atoms with Crippen molar-refractivity contribution in [1.82, 2.24) is 35.7 Å². The van der Waals surface area contributed by atoms with E-state index in [0.717, 1.165) is 0 Å². The molecule has 0 bridgehead atoms. The number of anilines is 5. The van der Waals surface area contributed by atoms with Crippen LogP contribution >= 0.6 is 11.6 Å². The van der Waals surface area contributed by atoms with E-state index in [1.54, 1.807) is 63.2 Å². The summed E-state index contributed by atoms with van der Waals surface area (Å²) in [5.41, 5.74) is 10.7. The number of rotatable bonds is 13. The third kappa shape index (κ3) is 13.6. The summed E-state index contributed by atoms with van der Waals surface area (Å²) in [7, 11) is 0. The molecule has 56 heavy (non-hydrogen) atoms. The highest BCUT2D eigenvalue weighted by Crippen LogP contribution is 2.25. The van der Waals surface area contributed by atoms with E-state index in [9.17, 15) is 14.4 Å². The van der Waals surface area contributed by atoms with Crippen molar-refractivity contribution in [2.75, 3.05) is 29.2 Å². The first-order valence-corrected chi connectivity index (χ1v) is 18.0. The van der Waals surface area contributed by atoms with Gasteiger partial charge in [-0.25, -0.2) is 4.79 Å². The van der Waals surface area contributed by atoms with Gasteiger partial charge in [-0.2, -0.15) is 9.97 Å². The Morgan fingerprint density at radius 2 is 1.32 bits per heavy atom. The van der Waals surface area contributed by atoms with E-state index in [-0.39, 0.29) is 40.8 Å². The van der Waals surface area contributed by atoms with Crippen LogP contribution in [0.2, 0.25) is 5.15 Å². The molecule has 300 valence electrons. The molecule has 1 aliphatic heterocycles. The highest BCUT2D eigenvalue weighted by molar-refractivity contribution is 6.29. The fourth-order valence-electron chi connectivity index (χ4n) is 4.95. The van der Waals surface area contributed by atoms with E-state index < -0.39 is 23.5 Å². The minimum atomic E-state index is -0.739. The normalized spacial score (nSPS) is 15.2. The van der Waals surface area contributed by atoms with Crippen LogP contribution in [0, 0.1) is 0 Å². The molecule has 3 amide bonds. The summed E-state index contributed by atoms with van der Waals surface area (Å²) in [5.74, 6) is 0.746. The Labute approximate surface area is 329 Å². The molecular formula is C36H47ClN12O7. The predicted molar refractivity (Wildman–Crippen MR) is 209 cm³/mol. The van der Waals surface area contributed by atoms with Crippen molar-refractivity contribution in [1.29, 1.82) is 0 Å². The van der Waals surface area contributed by atoms with Gasteiger partial charge in [0, 0.05) is 30.9 Å². The third-order valence-electron chi connectivity index (χ3n) is 7.10. The van der Waals surface area contributed by atoms with Crippen LogP contribution in [0.1, 0.15) is 75.9 Å². The van der Waals surface area contributed by atoms with Crippen molar-refractivity contribution in [2.24, 2.45) is 11.5 Å². The number of hydrogen-bond donors (Lipinski definition) is 6. The van der Waals surface area contributed by atoms with Crippen molar-refractivity contribution in [3.8, 4) is 11.8 Å². The summed E-state index contributed by atoms with van der Waals surface area (Å²) in [4.78, 5) is 44.2. The molecule has 0 spiro atoms. The lowest BCUT2D eigenvalue weighted by Crippen LogP contribution is -2.53. The molecule has 0 radical (unpaired) electrons. The maximum absolute atomic E-state index is 12.3. The van der Waals surface area contributed by atoms with Crippen LogP contribution in [-0.2, 0) is 9.47 Å². The van der Waals surface area contributed by atoms with Crippen LogP contribution in [0.25, 0.3) is 0 Å². The maximum atomic E-state index is 12.3. The summed E-state index contributed by atoms with van der Waals surface area (Å²) in [5, 5.41) is 27.6. The van der Waals surface area contributed by atoms with Crippen molar-refractivity contribution in [2.45, 2.75) is 84.8 Å². The zero-order valence-corrected chi connectivity index (χ0v) is 32.9. The fourth-order valence-corrected chi connectivity index (χ4v) is 5.09. The molecule has 1 fully saturated rings. The quantitative estimate of drug-likeness (QED) is 0.107. The number of amides is 3. The van der Waals surface area contributed by atoms with E-state index in [2.05, 4.69) is 51.6 Å². The summed E-state index contributed by atoms with van der Waals surface area (Å²) in [6, 6.07) is 13.0. The third-order valence-corrected chi connectivity index (χ3v) is 7.29. The average Bonchev–Trinajstić information content (AvgIpc) is 3.08. The van der Waals surface area contributed by atoms with Gasteiger partial charge in [0.25, 0.3) is 11.8 Å². The van der Waals surface area contributed by atoms with Gasteiger partial charge in [-0.05, 0) is 67.0 Å². The fraction of sp³-hybridized carbons (Fsp3) is 0.417. The molecule has 8 N–H and O–H groups in total. The summed E-state index contributed by atoms with van der Waals surface area (Å²) >= 11 is 5.78. The van der Waals surface area contributed by atoms with Crippen LogP contribution in [0.4, 0.5) is 33.6 Å². The second kappa shape index (κ2) is 19.5.